The molecular weight excluding hydrogens is 375 g/mol. The van der Waals surface area contributed by atoms with Crippen LogP contribution in [0.5, 0.6) is 17.5 Å². The van der Waals surface area contributed by atoms with E-state index in [-0.39, 0.29) is 18.0 Å². The van der Waals surface area contributed by atoms with Gasteiger partial charge in [0.15, 0.2) is 5.75 Å². The topological polar surface area (TPSA) is 61.1 Å². The summed E-state index contributed by atoms with van der Waals surface area (Å²) in [5, 5.41) is 0. The van der Waals surface area contributed by atoms with Crippen LogP contribution in [0, 0.1) is 19.3 Å². The molecule has 8 heteroatoms. The molecule has 1 atom stereocenters. The van der Waals surface area contributed by atoms with Gasteiger partial charge in [0.2, 0.25) is 11.6 Å². The summed E-state index contributed by atoms with van der Waals surface area (Å²) in [7, 11) is 0. The molecule has 7 nitrogen and oxygen atoms in total. The van der Waals surface area contributed by atoms with Crippen molar-refractivity contribution >= 4 is 5.69 Å². The van der Waals surface area contributed by atoms with Gasteiger partial charge in [0.05, 0.1) is 18.3 Å². The summed E-state index contributed by atoms with van der Waals surface area (Å²) >= 11 is 0. The van der Waals surface area contributed by atoms with Gasteiger partial charge in [0.1, 0.15) is 25.1 Å². The minimum atomic E-state index is -0.375. The highest BCUT2D eigenvalue weighted by Crippen LogP contribution is 2.34. The Morgan fingerprint density at radius 3 is 2.72 bits per heavy atom. The third-order valence-corrected chi connectivity index (χ3v) is 5.38. The number of halogens is 1. The molecule has 4 rings (SSSR count). The number of aromatic nitrogens is 2. The number of piperidine rings is 1. The Bertz CT molecular complexity index is 938. The monoisotopic (exact) mass is 398 g/mol. The summed E-state index contributed by atoms with van der Waals surface area (Å²) in [5.74, 6) is 0.895. The lowest BCUT2D eigenvalue weighted by Crippen LogP contribution is -2.40. The van der Waals surface area contributed by atoms with Crippen LogP contribution in [-0.2, 0) is 0 Å². The Hall–Kier alpha value is -2.92. The van der Waals surface area contributed by atoms with Crippen molar-refractivity contribution in [3.05, 3.63) is 46.8 Å². The lowest BCUT2D eigenvalue weighted by Gasteiger charge is -2.35. The molecule has 2 aliphatic heterocycles. The van der Waals surface area contributed by atoms with E-state index in [0.717, 1.165) is 25.9 Å². The first kappa shape index (κ1) is 19.4. The summed E-state index contributed by atoms with van der Waals surface area (Å²) in [4.78, 5) is 14.3. The fraction of sp³-hybridized carbons (Fsp3) is 0.476. The number of hydrogen-bond acceptors (Lipinski definition) is 6. The smallest absolute Gasteiger partial charge is 0.257 e. The van der Waals surface area contributed by atoms with E-state index in [0.29, 0.717) is 47.8 Å². The van der Waals surface area contributed by atoms with Gasteiger partial charge in [-0.05, 0) is 38.8 Å². The molecule has 0 N–H and O–H groups in total. The van der Waals surface area contributed by atoms with Crippen molar-refractivity contribution in [1.82, 2.24) is 14.9 Å². The second kappa shape index (κ2) is 8.21. The predicted octanol–water partition coefficient (Wildman–Crippen LogP) is 3.85. The number of pyridine rings is 2. The van der Waals surface area contributed by atoms with Crippen LogP contribution >= 0.6 is 0 Å². The lowest BCUT2D eigenvalue weighted by atomic mass is 10.0. The van der Waals surface area contributed by atoms with Gasteiger partial charge in [0.25, 0.3) is 5.88 Å². The predicted molar refractivity (Wildman–Crippen MR) is 104 cm³/mol. The molecule has 0 spiro atoms. The third kappa shape index (κ3) is 4.10. The van der Waals surface area contributed by atoms with Gasteiger partial charge in [-0.2, -0.15) is 0 Å². The first-order valence-electron chi connectivity index (χ1n) is 9.77. The standard InChI is InChI=1S/C21H23FN4O3/c1-13-17(23-3)4-5-19(24-13)29-15-6-8-26(9-7-15)14(2)20-16(22)12-18-21(25-20)28-11-10-27-18/h4-5,12,14-15H,6-11H2,1-2H3. The number of aryl methyl sites for hydroxylation is 1. The fourth-order valence-electron chi connectivity index (χ4n) is 3.70. The van der Waals surface area contributed by atoms with Crippen LogP contribution in [0.4, 0.5) is 10.1 Å². The largest absolute Gasteiger partial charge is 0.484 e. The molecule has 1 saturated heterocycles. The number of nitrogens with zero attached hydrogens (tertiary/aromatic N) is 4. The molecule has 1 unspecified atom stereocenters. The second-order valence-electron chi connectivity index (χ2n) is 7.25. The molecule has 0 aromatic carbocycles. The first-order valence-corrected chi connectivity index (χ1v) is 9.77. The Morgan fingerprint density at radius 2 is 2.00 bits per heavy atom. The zero-order chi connectivity index (χ0) is 20.4. The highest BCUT2D eigenvalue weighted by Gasteiger charge is 2.29. The van der Waals surface area contributed by atoms with E-state index in [1.807, 2.05) is 6.92 Å². The Labute approximate surface area is 169 Å². The number of likely N-dealkylation sites (tertiary alicyclic amines) is 1. The van der Waals surface area contributed by atoms with Gasteiger partial charge >= 0.3 is 0 Å². The quantitative estimate of drug-likeness (QED) is 0.729. The van der Waals surface area contributed by atoms with Crippen LogP contribution in [0.2, 0.25) is 0 Å². The molecule has 0 aliphatic carbocycles. The fourth-order valence-corrected chi connectivity index (χ4v) is 3.70. The van der Waals surface area contributed by atoms with Crippen molar-refractivity contribution < 1.29 is 18.6 Å². The van der Waals surface area contributed by atoms with Crippen molar-refractivity contribution in [2.24, 2.45) is 0 Å². The minimum absolute atomic E-state index is 0.0437. The highest BCUT2D eigenvalue weighted by molar-refractivity contribution is 5.49. The zero-order valence-electron chi connectivity index (χ0n) is 16.5. The molecule has 152 valence electrons. The van der Waals surface area contributed by atoms with Crippen molar-refractivity contribution in [3.8, 4) is 17.5 Å². The van der Waals surface area contributed by atoms with Gasteiger partial charge in [-0.1, -0.05) is 0 Å². The van der Waals surface area contributed by atoms with E-state index in [1.54, 1.807) is 19.1 Å². The van der Waals surface area contributed by atoms with Crippen molar-refractivity contribution in [1.29, 1.82) is 0 Å². The lowest BCUT2D eigenvalue weighted by molar-refractivity contribution is 0.0741. The van der Waals surface area contributed by atoms with Gasteiger partial charge in [-0.15, -0.1) is 0 Å². The van der Waals surface area contributed by atoms with E-state index in [9.17, 15) is 4.39 Å². The number of ether oxygens (including phenoxy) is 3. The van der Waals surface area contributed by atoms with Gasteiger partial charge in [0, 0.05) is 24.8 Å². The van der Waals surface area contributed by atoms with Crippen LogP contribution in [-0.4, -0.2) is 47.3 Å². The van der Waals surface area contributed by atoms with E-state index in [2.05, 4.69) is 19.7 Å². The van der Waals surface area contributed by atoms with Crippen molar-refractivity contribution in [2.75, 3.05) is 26.3 Å². The van der Waals surface area contributed by atoms with E-state index >= 15 is 0 Å². The Morgan fingerprint density at radius 1 is 1.24 bits per heavy atom. The van der Waals surface area contributed by atoms with Crippen molar-refractivity contribution in [3.63, 3.8) is 0 Å². The van der Waals surface area contributed by atoms with Crippen LogP contribution in [0.25, 0.3) is 4.85 Å². The van der Waals surface area contributed by atoms with E-state index < -0.39 is 0 Å². The summed E-state index contributed by atoms with van der Waals surface area (Å²) < 4.78 is 31.5. The molecule has 2 aromatic rings. The zero-order valence-corrected chi connectivity index (χ0v) is 16.5. The molecule has 1 fully saturated rings. The molecule has 2 aromatic heterocycles. The highest BCUT2D eigenvalue weighted by atomic mass is 19.1. The molecule has 0 bridgehead atoms. The van der Waals surface area contributed by atoms with Crippen LogP contribution in [0.3, 0.4) is 0 Å². The van der Waals surface area contributed by atoms with Crippen LogP contribution in [0.1, 0.15) is 37.2 Å². The summed E-state index contributed by atoms with van der Waals surface area (Å²) in [6, 6.07) is 4.66. The van der Waals surface area contributed by atoms with Gasteiger partial charge in [-0.25, -0.2) is 19.2 Å². The van der Waals surface area contributed by atoms with Crippen molar-refractivity contribution in [2.45, 2.75) is 38.8 Å². The van der Waals surface area contributed by atoms with E-state index in [1.165, 1.54) is 6.07 Å². The summed E-state index contributed by atoms with van der Waals surface area (Å²) in [6.45, 7) is 13.2. The molecule has 0 amide bonds. The molecule has 0 saturated carbocycles. The average molecular weight is 398 g/mol. The molecule has 29 heavy (non-hydrogen) atoms. The first-order chi connectivity index (χ1) is 14.0. The third-order valence-electron chi connectivity index (χ3n) is 5.38. The van der Waals surface area contributed by atoms with Crippen LogP contribution in [0.15, 0.2) is 18.2 Å². The molecule has 0 radical (unpaired) electrons. The molecule has 2 aliphatic rings. The second-order valence-corrected chi connectivity index (χ2v) is 7.25. The number of fused-ring (bicyclic) bond motifs is 1. The maximum Gasteiger partial charge on any atom is 0.257 e. The normalized spacial score (nSPS) is 18.1. The van der Waals surface area contributed by atoms with Gasteiger partial charge in [-0.3, -0.25) is 4.90 Å². The van der Waals surface area contributed by atoms with Gasteiger partial charge < -0.3 is 14.2 Å². The molecule has 4 heterocycles. The number of hydrogen-bond donors (Lipinski definition) is 0. The number of rotatable bonds is 4. The average Bonchev–Trinajstić information content (AvgIpc) is 2.73. The minimum Gasteiger partial charge on any atom is -0.484 e. The SMILES string of the molecule is [C-]#[N+]c1ccc(OC2CCN(C(C)c3nc4c(cc3F)OCCO4)CC2)nc1C. The summed E-state index contributed by atoms with van der Waals surface area (Å²) in [5.41, 5.74) is 1.58. The van der Waals surface area contributed by atoms with Crippen LogP contribution < -0.4 is 14.2 Å². The maximum absolute atomic E-state index is 14.6. The molecular formula is C21H23FN4O3. The Balaban J connectivity index is 1.38. The Kier molecular flexibility index (Phi) is 5.49. The maximum atomic E-state index is 14.6. The summed E-state index contributed by atoms with van der Waals surface area (Å²) in [6.07, 6.45) is 1.66. The van der Waals surface area contributed by atoms with E-state index in [4.69, 9.17) is 20.8 Å².